The van der Waals surface area contributed by atoms with Gasteiger partial charge in [-0.25, -0.2) is 4.98 Å². The van der Waals surface area contributed by atoms with Gasteiger partial charge in [-0.2, -0.15) is 0 Å². The molecule has 0 unspecified atom stereocenters. The van der Waals surface area contributed by atoms with Gasteiger partial charge in [0.1, 0.15) is 6.54 Å². The molecule has 5 nitrogen and oxygen atoms in total. The Labute approximate surface area is 151 Å². The molecule has 122 valence electrons. The summed E-state index contributed by atoms with van der Waals surface area (Å²) < 4.78 is 2.20. The number of aryl methyl sites for hydroxylation is 1. The van der Waals surface area contributed by atoms with Crippen LogP contribution in [0.15, 0.2) is 52.0 Å². The number of hydrogen-bond donors (Lipinski definition) is 1. The molecular formula is C17H13BrClN3O2. The molecule has 0 bridgehead atoms. The second-order valence-corrected chi connectivity index (χ2v) is 6.70. The number of rotatable bonds is 3. The molecule has 24 heavy (non-hydrogen) atoms. The summed E-state index contributed by atoms with van der Waals surface area (Å²) in [6.07, 6.45) is 1.37. The Hall–Kier alpha value is -2.18. The van der Waals surface area contributed by atoms with E-state index in [1.807, 2.05) is 19.1 Å². The van der Waals surface area contributed by atoms with E-state index < -0.39 is 0 Å². The van der Waals surface area contributed by atoms with Gasteiger partial charge in [-0.15, -0.1) is 0 Å². The molecular weight excluding hydrogens is 394 g/mol. The van der Waals surface area contributed by atoms with Crippen LogP contribution in [0.5, 0.6) is 0 Å². The van der Waals surface area contributed by atoms with Crippen LogP contribution in [-0.2, 0) is 11.3 Å². The number of fused-ring (bicyclic) bond motifs is 1. The topological polar surface area (TPSA) is 64.0 Å². The van der Waals surface area contributed by atoms with Gasteiger partial charge < -0.3 is 5.32 Å². The Bertz CT molecular complexity index is 1000. The maximum atomic E-state index is 12.5. The fourth-order valence-electron chi connectivity index (χ4n) is 2.36. The van der Waals surface area contributed by atoms with Crippen LogP contribution in [0, 0.1) is 6.92 Å². The predicted octanol–water partition coefficient (Wildman–Crippen LogP) is 3.76. The second kappa shape index (κ2) is 6.75. The van der Waals surface area contributed by atoms with Crippen LogP contribution in [0.25, 0.3) is 10.9 Å². The highest BCUT2D eigenvalue weighted by Crippen LogP contribution is 2.20. The second-order valence-electron chi connectivity index (χ2n) is 5.35. The average Bonchev–Trinajstić information content (AvgIpc) is 2.53. The lowest BCUT2D eigenvalue weighted by Crippen LogP contribution is -2.28. The number of carbonyl (C=O) groups excluding carboxylic acids is 1. The third-order valence-corrected chi connectivity index (χ3v) is 4.29. The molecule has 3 rings (SSSR count). The van der Waals surface area contributed by atoms with Gasteiger partial charge in [-0.1, -0.05) is 27.5 Å². The first-order chi connectivity index (χ1) is 11.4. The Balaban J connectivity index is 1.85. The van der Waals surface area contributed by atoms with E-state index >= 15 is 0 Å². The highest BCUT2D eigenvalue weighted by molar-refractivity contribution is 9.10. The molecule has 1 heterocycles. The van der Waals surface area contributed by atoms with E-state index in [0.717, 1.165) is 10.0 Å². The van der Waals surface area contributed by atoms with Gasteiger partial charge in [-0.3, -0.25) is 14.2 Å². The number of amides is 1. The molecule has 0 aliphatic carbocycles. The molecule has 0 aliphatic heterocycles. The van der Waals surface area contributed by atoms with Crippen molar-refractivity contribution in [3.63, 3.8) is 0 Å². The molecule has 0 aliphatic rings. The third kappa shape index (κ3) is 3.49. The molecule has 0 fully saturated rings. The number of aromatic nitrogens is 2. The van der Waals surface area contributed by atoms with Gasteiger partial charge in [0.25, 0.3) is 5.56 Å². The summed E-state index contributed by atoms with van der Waals surface area (Å²) in [5, 5.41) is 3.64. The van der Waals surface area contributed by atoms with Crippen molar-refractivity contribution in [2.45, 2.75) is 13.5 Å². The number of benzene rings is 2. The molecule has 2 aromatic carbocycles. The van der Waals surface area contributed by atoms with Crippen molar-refractivity contribution >= 4 is 50.0 Å². The zero-order valence-corrected chi connectivity index (χ0v) is 15.1. The summed E-state index contributed by atoms with van der Waals surface area (Å²) in [6, 6.07) is 10.5. The first-order valence-electron chi connectivity index (χ1n) is 7.15. The van der Waals surface area contributed by atoms with Crippen molar-refractivity contribution in [2.75, 3.05) is 5.32 Å². The van der Waals surface area contributed by atoms with Crippen molar-refractivity contribution in [1.82, 2.24) is 9.55 Å². The number of nitrogens with one attached hydrogen (secondary N) is 1. The third-order valence-electron chi connectivity index (χ3n) is 3.56. The first-order valence-corrected chi connectivity index (χ1v) is 8.32. The van der Waals surface area contributed by atoms with E-state index in [1.165, 1.54) is 10.9 Å². The fourth-order valence-corrected chi connectivity index (χ4v) is 3.00. The summed E-state index contributed by atoms with van der Waals surface area (Å²) >= 11 is 9.30. The summed E-state index contributed by atoms with van der Waals surface area (Å²) in [5.41, 5.74) is 1.87. The Morgan fingerprint density at radius 2 is 2.08 bits per heavy atom. The van der Waals surface area contributed by atoms with E-state index in [4.69, 9.17) is 11.6 Å². The first kappa shape index (κ1) is 16.7. The molecule has 0 atom stereocenters. The molecule has 0 saturated heterocycles. The van der Waals surface area contributed by atoms with Gasteiger partial charge in [0, 0.05) is 15.2 Å². The van der Waals surface area contributed by atoms with Crippen LogP contribution >= 0.6 is 27.5 Å². The van der Waals surface area contributed by atoms with Crippen LogP contribution in [0.1, 0.15) is 5.56 Å². The number of hydrogen-bond acceptors (Lipinski definition) is 3. The van der Waals surface area contributed by atoms with Crippen molar-refractivity contribution in [3.8, 4) is 0 Å². The molecule has 3 aromatic rings. The summed E-state index contributed by atoms with van der Waals surface area (Å²) in [4.78, 5) is 28.9. The van der Waals surface area contributed by atoms with Crippen LogP contribution < -0.4 is 10.9 Å². The van der Waals surface area contributed by atoms with Crippen LogP contribution in [0.2, 0.25) is 5.02 Å². The lowest BCUT2D eigenvalue weighted by molar-refractivity contribution is -0.116. The minimum Gasteiger partial charge on any atom is -0.324 e. The van der Waals surface area contributed by atoms with Crippen molar-refractivity contribution in [1.29, 1.82) is 0 Å². The van der Waals surface area contributed by atoms with Crippen LogP contribution in [-0.4, -0.2) is 15.5 Å². The Morgan fingerprint density at radius 1 is 1.29 bits per heavy atom. The minimum absolute atomic E-state index is 0.121. The minimum atomic E-state index is -0.301. The van der Waals surface area contributed by atoms with Crippen LogP contribution in [0.3, 0.4) is 0 Å². The SMILES string of the molecule is Cc1cc(Br)ccc1NC(=O)Cn1cnc2ccc(Cl)cc2c1=O. The number of anilines is 1. The average molecular weight is 407 g/mol. The lowest BCUT2D eigenvalue weighted by Gasteiger charge is -2.10. The molecule has 1 aromatic heterocycles. The predicted molar refractivity (Wildman–Crippen MR) is 98.5 cm³/mol. The van der Waals surface area contributed by atoms with Gasteiger partial charge in [0.2, 0.25) is 5.91 Å². The molecule has 0 radical (unpaired) electrons. The van der Waals surface area contributed by atoms with Gasteiger partial charge in [0.05, 0.1) is 17.2 Å². The van der Waals surface area contributed by atoms with Gasteiger partial charge >= 0.3 is 0 Å². The van der Waals surface area contributed by atoms with Crippen molar-refractivity contribution in [2.24, 2.45) is 0 Å². The molecule has 0 saturated carbocycles. The Kier molecular flexibility index (Phi) is 4.69. The summed E-state index contributed by atoms with van der Waals surface area (Å²) in [5.74, 6) is -0.300. The van der Waals surface area contributed by atoms with Gasteiger partial charge in [0.15, 0.2) is 0 Å². The number of halogens is 2. The van der Waals surface area contributed by atoms with E-state index in [-0.39, 0.29) is 18.0 Å². The number of nitrogens with zero attached hydrogens (tertiary/aromatic N) is 2. The molecule has 7 heteroatoms. The summed E-state index contributed by atoms with van der Waals surface area (Å²) in [7, 11) is 0. The fraction of sp³-hybridized carbons (Fsp3) is 0.118. The maximum Gasteiger partial charge on any atom is 0.261 e. The maximum absolute atomic E-state index is 12.5. The molecule has 1 amide bonds. The van der Waals surface area contributed by atoms with Crippen LogP contribution in [0.4, 0.5) is 5.69 Å². The van der Waals surface area contributed by atoms with E-state index in [9.17, 15) is 9.59 Å². The Morgan fingerprint density at radius 3 is 2.83 bits per heavy atom. The monoisotopic (exact) mass is 405 g/mol. The van der Waals surface area contributed by atoms with E-state index in [0.29, 0.717) is 21.6 Å². The number of carbonyl (C=O) groups is 1. The smallest absolute Gasteiger partial charge is 0.261 e. The molecule has 1 N–H and O–H groups in total. The lowest BCUT2D eigenvalue weighted by atomic mass is 10.2. The highest BCUT2D eigenvalue weighted by atomic mass is 79.9. The zero-order chi connectivity index (χ0) is 17.3. The summed E-state index contributed by atoms with van der Waals surface area (Å²) in [6.45, 7) is 1.77. The quantitative estimate of drug-likeness (QED) is 0.720. The highest BCUT2D eigenvalue weighted by Gasteiger charge is 2.10. The normalized spacial score (nSPS) is 10.8. The van der Waals surface area contributed by atoms with Crippen molar-refractivity contribution in [3.05, 3.63) is 68.1 Å². The largest absolute Gasteiger partial charge is 0.324 e. The standard InChI is InChI=1S/C17H13BrClN3O2/c1-10-6-11(18)2-4-14(10)21-16(23)8-22-9-20-15-5-3-12(19)7-13(15)17(22)24/h2-7,9H,8H2,1H3,(H,21,23). The van der Waals surface area contributed by atoms with E-state index in [2.05, 4.69) is 26.2 Å². The van der Waals surface area contributed by atoms with E-state index in [1.54, 1.807) is 24.3 Å². The van der Waals surface area contributed by atoms with Crippen molar-refractivity contribution < 1.29 is 4.79 Å². The molecule has 0 spiro atoms. The van der Waals surface area contributed by atoms with Gasteiger partial charge in [-0.05, 0) is 48.9 Å². The zero-order valence-electron chi connectivity index (χ0n) is 12.7.